The average Bonchev–Trinajstić information content (AvgIpc) is 2.52. The Bertz CT molecular complexity index is 635. The minimum Gasteiger partial charge on any atom is -0.395 e. The largest absolute Gasteiger partial charge is 0.395 e. The van der Waals surface area contributed by atoms with Crippen molar-refractivity contribution in [1.29, 1.82) is 0 Å². The van der Waals surface area contributed by atoms with Gasteiger partial charge in [-0.05, 0) is 31.5 Å². The molecule has 0 fully saturated rings. The standard InChI is InChI=1S/C13H16N2O2/c1-9(2)15-12-8-10(3)4-5-11(12)14(6-7-16)13(15)17/h4-5,8,16H,1,6-7H2,2-3H3. The lowest BCUT2D eigenvalue weighted by Crippen LogP contribution is -2.24. The molecule has 4 heteroatoms. The first kappa shape index (κ1) is 11.7. The molecule has 0 radical (unpaired) electrons. The summed E-state index contributed by atoms with van der Waals surface area (Å²) in [5.41, 5.74) is 3.30. The zero-order valence-electron chi connectivity index (χ0n) is 10.1. The van der Waals surface area contributed by atoms with E-state index in [1.165, 1.54) is 0 Å². The number of aliphatic hydroxyl groups is 1. The Morgan fingerprint density at radius 3 is 2.71 bits per heavy atom. The van der Waals surface area contributed by atoms with Gasteiger partial charge in [-0.25, -0.2) is 4.79 Å². The van der Waals surface area contributed by atoms with Gasteiger partial charge in [0, 0.05) is 5.70 Å². The quantitative estimate of drug-likeness (QED) is 0.873. The number of imidazole rings is 1. The topological polar surface area (TPSA) is 47.2 Å². The molecule has 2 rings (SSSR count). The van der Waals surface area contributed by atoms with Gasteiger partial charge in [0.2, 0.25) is 0 Å². The molecule has 0 aliphatic heterocycles. The lowest BCUT2D eigenvalue weighted by molar-refractivity contribution is 0.276. The van der Waals surface area contributed by atoms with Crippen LogP contribution in [0.3, 0.4) is 0 Å². The van der Waals surface area contributed by atoms with Crippen molar-refractivity contribution in [2.24, 2.45) is 0 Å². The molecule has 0 amide bonds. The van der Waals surface area contributed by atoms with Gasteiger partial charge in [0.25, 0.3) is 0 Å². The number of aromatic nitrogens is 2. The molecule has 0 saturated carbocycles. The summed E-state index contributed by atoms with van der Waals surface area (Å²) in [6.45, 7) is 7.86. The Kier molecular flexibility index (Phi) is 2.90. The van der Waals surface area contributed by atoms with Gasteiger partial charge in [-0.15, -0.1) is 0 Å². The minimum absolute atomic E-state index is 0.0525. The second-order valence-corrected chi connectivity index (χ2v) is 4.22. The molecule has 0 atom stereocenters. The normalized spacial score (nSPS) is 11.0. The highest BCUT2D eigenvalue weighted by Crippen LogP contribution is 2.17. The lowest BCUT2D eigenvalue weighted by atomic mass is 10.2. The molecule has 0 aliphatic rings. The van der Waals surface area contributed by atoms with Crippen LogP contribution in [0, 0.1) is 6.92 Å². The number of hydrogen-bond acceptors (Lipinski definition) is 2. The molecule has 4 nitrogen and oxygen atoms in total. The molecule has 0 spiro atoms. The van der Waals surface area contributed by atoms with Crippen LogP contribution in [-0.2, 0) is 6.54 Å². The molecule has 17 heavy (non-hydrogen) atoms. The lowest BCUT2D eigenvalue weighted by Gasteiger charge is -2.00. The van der Waals surface area contributed by atoms with Crippen molar-refractivity contribution in [3.63, 3.8) is 0 Å². The summed E-state index contributed by atoms with van der Waals surface area (Å²) in [5.74, 6) is 0. The number of allylic oxidation sites excluding steroid dienone is 1. The fraction of sp³-hybridized carbons (Fsp3) is 0.308. The Hall–Kier alpha value is -1.81. The minimum atomic E-state index is -0.146. The number of aryl methyl sites for hydroxylation is 1. The van der Waals surface area contributed by atoms with Crippen molar-refractivity contribution in [2.45, 2.75) is 20.4 Å². The highest BCUT2D eigenvalue weighted by atomic mass is 16.3. The maximum absolute atomic E-state index is 12.2. The maximum Gasteiger partial charge on any atom is 0.333 e. The van der Waals surface area contributed by atoms with Crippen molar-refractivity contribution in [2.75, 3.05) is 6.61 Å². The van der Waals surface area contributed by atoms with Crippen molar-refractivity contribution < 1.29 is 5.11 Å². The summed E-state index contributed by atoms with van der Waals surface area (Å²) in [5, 5.41) is 9.01. The molecule has 90 valence electrons. The Labute approximate surface area is 99.4 Å². The third-order valence-corrected chi connectivity index (χ3v) is 2.79. The monoisotopic (exact) mass is 232 g/mol. The van der Waals surface area contributed by atoms with Gasteiger partial charge in [-0.2, -0.15) is 0 Å². The van der Waals surface area contributed by atoms with Crippen LogP contribution in [-0.4, -0.2) is 20.8 Å². The van der Waals surface area contributed by atoms with Gasteiger partial charge >= 0.3 is 5.69 Å². The SMILES string of the molecule is C=C(C)n1c(=O)n(CCO)c2ccc(C)cc21. The number of aliphatic hydroxyl groups excluding tert-OH is 1. The number of rotatable bonds is 3. The molecule has 1 aromatic carbocycles. The van der Waals surface area contributed by atoms with E-state index in [4.69, 9.17) is 5.11 Å². The van der Waals surface area contributed by atoms with Crippen molar-refractivity contribution in [1.82, 2.24) is 9.13 Å². The third kappa shape index (κ3) is 1.80. The fourth-order valence-electron chi connectivity index (χ4n) is 2.05. The van der Waals surface area contributed by atoms with E-state index in [1.807, 2.05) is 25.1 Å². The number of benzene rings is 1. The fourth-order valence-corrected chi connectivity index (χ4v) is 2.05. The number of nitrogens with zero attached hydrogens (tertiary/aromatic N) is 2. The van der Waals surface area contributed by atoms with Crippen LogP contribution in [0.2, 0.25) is 0 Å². The first-order valence-corrected chi connectivity index (χ1v) is 5.55. The predicted molar refractivity (Wildman–Crippen MR) is 69.0 cm³/mol. The van der Waals surface area contributed by atoms with Crippen LogP contribution < -0.4 is 5.69 Å². The second-order valence-electron chi connectivity index (χ2n) is 4.22. The summed E-state index contributed by atoms with van der Waals surface area (Å²) >= 11 is 0. The second kappa shape index (κ2) is 4.22. The van der Waals surface area contributed by atoms with Crippen molar-refractivity contribution in [3.8, 4) is 0 Å². The Morgan fingerprint density at radius 2 is 2.12 bits per heavy atom. The average molecular weight is 232 g/mol. The number of hydrogen-bond donors (Lipinski definition) is 1. The van der Waals surface area contributed by atoms with Gasteiger partial charge in [0.05, 0.1) is 24.2 Å². The molecular formula is C13H16N2O2. The van der Waals surface area contributed by atoms with Crippen LogP contribution in [0.25, 0.3) is 16.7 Å². The van der Waals surface area contributed by atoms with E-state index < -0.39 is 0 Å². The number of fused-ring (bicyclic) bond motifs is 1. The first-order chi connectivity index (χ1) is 8.06. The first-order valence-electron chi connectivity index (χ1n) is 5.55. The molecule has 1 heterocycles. The van der Waals surface area contributed by atoms with E-state index in [2.05, 4.69) is 6.58 Å². The van der Waals surface area contributed by atoms with Crippen LogP contribution in [0.15, 0.2) is 29.6 Å². The highest BCUT2D eigenvalue weighted by Gasteiger charge is 2.12. The van der Waals surface area contributed by atoms with Gasteiger partial charge < -0.3 is 5.11 Å². The molecule has 1 aromatic heterocycles. The van der Waals surface area contributed by atoms with Crippen molar-refractivity contribution >= 4 is 16.7 Å². The maximum atomic E-state index is 12.2. The van der Waals surface area contributed by atoms with Gasteiger partial charge in [0.1, 0.15) is 0 Å². The van der Waals surface area contributed by atoms with E-state index in [9.17, 15) is 4.79 Å². The van der Waals surface area contributed by atoms with Gasteiger partial charge in [-0.1, -0.05) is 12.6 Å². The molecule has 0 saturated heterocycles. The third-order valence-electron chi connectivity index (χ3n) is 2.79. The summed E-state index contributed by atoms with van der Waals surface area (Å²) in [6.07, 6.45) is 0. The van der Waals surface area contributed by atoms with Crippen LogP contribution in [0.4, 0.5) is 0 Å². The molecule has 1 N–H and O–H groups in total. The predicted octanol–water partition coefficient (Wildman–Crippen LogP) is 1.59. The summed E-state index contributed by atoms with van der Waals surface area (Å²) < 4.78 is 3.15. The van der Waals surface area contributed by atoms with Crippen molar-refractivity contribution in [3.05, 3.63) is 40.8 Å². The Morgan fingerprint density at radius 1 is 1.41 bits per heavy atom. The summed E-state index contributed by atoms with van der Waals surface area (Å²) in [6, 6.07) is 5.82. The van der Waals surface area contributed by atoms with Crippen LogP contribution in [0.1, 0.15) is 12.5 Å². The van der Waals surface area contributed by atoms with E-state index in [0.29, 0.717) is 12.2 Å². The summed E-state index contributed by atoms with van der Waals surface area (Å²) in [7, 11) is 0. The molecular weight excluding hydrogens is 216 g/mol. The molecule has 0 unspecified atom stereocenters. The zero-order valence-corrected chi connectivity index (χ0v) is 10.1. The molecule has 0 aliphatic carbocycles. The van der Waals surface area contributed by atoms with E-state index in [1.54, 1.807) is 16.1 Å². The van der Waals surface area contributed by atoms with E-state index in [-0.39, 0.29) is 12.3 Å². The Balaban J connectivity index is 2.88. The molecule has 2 aromatic rings. The zero-order chi connectivity index (χ0) is 12.6. The van der Waals surface area contributed by atoms with Gasteiger partial charge in [0.15, 0.2) is 0 Å². The van der Waals surface area contributed by atoms with Crippen LogP contribution >= 0.6 is 0 Å². The smallest absolute Gasteiger partial charge is 0.333 e. The van der Waals surface area contributed by atoms with E-state index in [0.717, 1.165) is 16.6 Å². The summed E-state index contributed by atoms with van der Waals surface area (Å²) in [4.78, 5) is 12.2. The van der Waals surface area contributed by atoms with Crippen LogP contribution in [0.5, 0.6) is 0 Å². The molecule has 0 bridgehead atoms. The highest BCUT2D eigenvalue weighted by molar-refractivity contribution is 5.80. The van der Waals surface area contributed by atoms with Gasteiger partial charge in [-0.3, -0.25) is 9.13 Å². The van der Waals surface area contributed by atoms with E-state index >= 15 is 0 Å².